The third-order valence-corrected chi connectivity index (χ3v) is 4.92. The molecule has 1 saturated heterocycles. The normalized spacial score (nSPS) is 17.0. The van der Waals surface area contributed by atoms with Gasteiger partial charge < -0.3 is 10.0 Å². The lowest BCUT2D eigenvalue weighted by Crippen LogP contribution is -2.41. The smallest absolute Gasteiger partial charge is 0.256 e. The number of rotatable bonds is 5. The van der Waals surface area contributed by atoms with Crippen LogP contribution in [0.2, 0.25) is 5.02 Å². The Hall–Kier alpha value is -1.85. The summed E-state index contributed by atoms with van der Waals surface area (Å²) in [6, 6.07) is 8.70. The van der Waals surface area contributed by atoms with E-state index < -0.39 is 6.10 Å². The van der Waals surface area contributed by atoms with Gasteiger partial charge in [-0.1, -0.05) is 23.7 Å². The van der Waals surface area contributed by atoms with E-state index >= 15 is 0 Å². The number of carbonyl (C=O) groups excluding carboxylic acids is 1. The Kier molecular flexibility index (Phi) is 5.53. The van der Waals surface area contributed by atoms with E-state index in [0.29, 0.717) is 29.6 Å². The van der Waals surface area contributed by atoms with Crippen molar-refractivity contribution in [2.45, 2.75) is 31.9 Å². The summed E-state index contributed by atoms with van der Waals surface area (Å²) < 4.78 is 1.95. The topological polar surface area (TPSA) is 58.4 Å². The summed E-state index contributed by atoms with van der Waals surface area (Å²) in [6.45, 7) is 2.32. The Labute approximate surface area is 146 Å². The summed E-state index contributed by atoms with van der Waals surface area (Å²) in [5.41, 5.74) is 0.588. The molecule has 1 aliphatic heterocycles. The summed E-state index contributed by atoms with van der Waals surface area (Å²) in [6.07, 6.45) is 5.67. The zero-order valence-electron chi connectivity index (χ0n) is 13.5. The summed E-state index contributed by atoms with van der Waals surface area (Å²) in [5, 5.41) is 15.1. The second-order valence-electron chi connectivity index (χ2n) is 6.28. The molecule has 2 aromatic rings. The van der Waals surface area contributed by atoms with Gasteiger partial charge in [0.1, 0.15) is 0 Å². The van der Waals surface area contributed by atoms with Gasteiger partial charge in [-0.3, -0.25) is 9.48 Å². The van der Waals surface area contributed by atoms with E-state index in [9.17, 15) is 9.90 Å². The lowest BCUT2D eigenvalue weighted by atomic mass is 9.93. The number of piperidine rings is 1. The molecule has 128 valence electrons. The molecule has 1 aromatic heterocycles. The molecule has 1 atom stereocenters. The Balaban J connectivity index is 1.48. The van der Waals surface area contributed by atoms with Crippen LogP contribution in [-0.2, 0) is 11.3 Å². The average Bonchev–Trinajstić information content (AvgIpc) is 3.13. The first-order valence-corrected chi connectivity index (χ1v) is 8.71. The average molecular weight is 348 g/mol. The van der Waals surface area contributed by atoms with Crippen molar-refractivity contribution in [3.05, 3.63) is 53.3 Å². The highest BCUT2D eigenvalue weighted by Crippen LogP contribution is 2.24. The first-order valence-electron chi connectivity index (χ1n) is 8.33. The predicted molar refractivity (Wildman–Crippen MR) is 92.6 cm³/mol. The molecule has 0 bridgehead atoms. The number of hydrogen-bond donors (Lipinski definition) is 1. The molecule has 1 amide bonds. The van der Waals surface area contributed by atoms with Gasteiger partial charge in [0.15, 0.2) is 6.10 Å². The van der Waals surface area contributed by atoms with Crippen LogP contribution >= 0.6 is 11.6 Å². The molecule has 24 heavy (non-hydrogen) atoms. The first kappa shape index (κ1) is 17.0. The van der Waals surface area contributed by atoms with Crippen molar-refractivity contribution >= 4 is 17.5 Å². The molecule has 2 heterocycles. The van der Waals surface area contributed by atoms with Crippen LogP contribution in [0.3, 0.4) is 0 Å². The highest BCUT2D eigenvalue weighted by molar-refractivity contribution is 6.30. The van der Waals surface area contributed by atoms with Crippen LogP contribution in [0.25, 0.3) is 0 Å². The van der Waals surface area contributed by atoms with Crippen molar-refractivity contribution in [3.63, 3.8) is 0 Å². The maximum absolute atomic E-state index is 12.5. The van der Waals surface area contributed by atoms with E-state index in [4.69, 9.17) is 11.6 Å². The fourth-order valence-electron chi connectivity index (χ4n) is 3.15. The second-order valence-corrected chi connectivity index (χ2v) is 6.72. The zero-order chi connectivity index (χ0) is 16.9. The molecule has 1 unspecified atom stereocenters. The zero-order valence-corrected chi connectivity index (χ0v) is 14.3. The number of aliphatic hydroxyl groups excluding tert-OH is 1. The monoisotopic (exact) mass is 347 g/mol. The lowest BCUT2D eigenvalue weighted by molar-refractivity contribution is -0.142. The molecule has 6 heteroatoms. The number of halogens is 1. The van der Waals surface area contributed by atoms with Crippen molar-refractivity contribution in [3.8, 4) is 0 Å². The first-order chi connectivity index (χ1) is 11.6. The van der Waals surface area contributed by atoms with Crippen LogP contribution in [-0.4, -0.2) is 38.8 Å². The fourth-order valence-corrected chi connectivity index (χ4v) is 3.28. The molecular weight excluding hydrogens is 326 g/mol. The minimum atomic E-state index is -1.11. The van der Waals surface area contributed by atoms with Gasteiger partial charge in [0.2, 0.25) is 0 Å². The predicted octanol–water partition coefficient (Wildman–Crippen LogP) is 2.90. The largest absolute Gasteiger partial charge is 0.378 e. The number of benzene rings is 1. The third kappa shape index (κ3) is 4.16. The molecule has 1 fully saturated rings. The molecular formula is C18H22ClN3O2. The van der Waals surface area contributed by atoms with E-state index in [2.05, 4.69) is 5.10 Å². The number of carbonyl (C=O) groups is 1. The van der Waals surface area contributed by atoms with Gasteiger partial charge in [0.25, 0.3) is 5.91 Å². The standard InChI is InChI=1S/C18H22ClN3O2/c19-16-4-2-15(3-5-16)17(23)18(24)21-11-6-14(7-12-21)8-13-22-10-1-9-20-22/h1-5,9-10,14,17,23H,6-8,11-13H2. The van der Waals surface area contributed by atoms with Gasteiger partial charge in [-0.05, 0) is 48.9 Å². The van der Waals surface area contributed by atoms with E-state index in [1.165, 1.54) is 0 Å². The number of nitrogens with zero attached hydrogens (tertiary/aromatic N) is 3. The van der Waals surface area contributed by atoms with Gasteiger partial charge in [-0.2, -0.15) is 5.10 Å². The number of aromatic nitrogens is 2. The minimum Gasteiger partial charge on any atom is -0.378 e. The summed E-state index contributed by atoms with van der Waals surface area (Å²) in [7, 11) is 0. The number of aliphatic hydroxyl groups is 1. The van der Waals surface area contributed by atoms with Crippen LogP contribution < -0.4 is 0 Å². The van der Waals surface area contributed by atoms with Crippen molar-refractivity contribution in [1.29, 1.82) is 0 Å². The molecule has 1 aromatic carbocycles. The Morgan fingerprint density at radius 1 is 1.29 bits per heavy atom. The Morgan fingerprint density at radius 2 is 2.00 bits per heavy atom. The minimum absolute atomic E-state index is 0.220. The molecule has 1 aliphatic rings. The van der Waals surface area contributed by atoms with Crippen LogP contribution in [0, 0.1) is 5.92 Å². The molecule has 0 saturated carbocycles. The SMILES string of the molecule is O=C(C(O)c1ccc(Cl)cc1)N1CCC(CCn2cccn2)CC1. The van der Waals surface area contributed by atoms with E-state index in [0.717, 1.165) is 25.8 Å². The van der Waals surface area contributed by atoms with Crippen LogP contribution in [0.5, 0.6) is 0 Å². The van der Waals surface area contributed by atoms with E-state index in [-0.39, 0.29) is 5.91 Å². The number of aryl methyl sites for hydroxylation is 1. The summed E-state index contributed by atoms with van der Waals surface area (Å²) >= 11 is 5.84. The van der Waals surface area contributed by atoms with Gasteiger partial charge in [0, 0.05) is 37.1 Å². The van der Waals surface area contributed by atoms with E-state index in [1.54, 1.807) is 35.4 Å². The number of likely N-dealkylation sites (tertiary alicyclic amines) is 1. The fraction of sp³-hybridized carbons (Fsp3) is 0.444. The molecule has 0 aliphatic carbocycles. The van der Waals surface area contributed by atoms with E-state index in [1.807, 2.05) is 16.9 Å². The maximum atomic E-state index is 12.5. The molecule has 1 N–H and O–H groups in total. The van der Waals surface area contributed by atoms with Crippen molar-refractivity contribution < 1.29 is 9.90 Å². The summed E-state index contributed by atoms with van der Waals surface area (Å²) in [4.78, 5) is 14.2. The van der Waals surface area contributed by atoms with Crippen LogP contribution in [0.1, 0.15) is 30.9 Å². The Morgan fingerprint density at radius 3 is 2.62 bits per heavy atom. The number of hydrogen-bond acceptors (Lipinski definition) is 3. The highest BCUT2D eigenvalue weighted by atomic mass is 35.5. The van der Waals surface area contributed by atoms with Crippen molar-refractivity contribution in [2.24, 2.45) is 5.92 Å². The Bertz CT molecular complexity index is 649. The maximum Gasteiger partial charge on any atom is 0.256 e. The highest BCUT2D eigenvalue weighted by Gasteiger charge is 2.27. The number of amides is 1. The van der Waals surface area contributed by atoms with Gasteiger partial charge in [-0.15, -0.1) is 0 Å². The van der Waals surface area contributed by atoms with Gasteiger partial charge in [0.05, 0.1) is 0 Å². The molecule has 0 spiro atoms. The molecule has 3 rings (SSSR count). The van der Waals surface area contributed by atoms with Crippen LogP contribution in [0.15, 0.2) is 42.7 Å². The molecule has 5 nitrogen and oxygen atoms in total. The lowest BCUT2D eigenvalue weighted by Gasteiger charge is -2.33. The third-order valence-electron chi connectivity index (χ3n) is 4.67. The quantitative estimate of drug-likeness (QED) is 0.904. The van der Waals surface area contributed by atoms with Crippen LogP contribution in [0.4, 0.5) is 0 Å². The van der Waals surface area contributed by atoms with Crippen molar-refractivity contribution in [2.75, 3.05) is 13.1 Å². The second kappa shape index (κ2) is 7.81. The van der Waals surface area contributed by atoms with Gasteiger partial charge >= 0.3 is 0 Å². The van der Waals surface area contributed by atoms with Crippen molar-refractivity contribution in [1.82, 2.24) is 14.7 Å². The van der Waals surface area contributed by atoms with Gasteiger partial charge in [-0.25, -0.2) is 0 Å². The summed E-state index contributed by atoms with van der Waals surface area (Å²) in [5.74, 6) is 0.383. The molecule has 0 radical (unpaired) electrons.